The van der Waals surface area contributed by atoms with Crippen LogP contribution in [-0.2, 0) is 9.47 Å². The van der Waals surface area contributed by atoms with Crippen LogP contribution in [0.15, 0.2) is 55.1 Å². The Hall–Kier alpha value is -4.54. The van der Waals surface area contributed by atoms with E-state index in [1.807, 2.05) is 12.1 Å². The van der Waals surface area contributed by atoms with Crippen LogP contribution >= 0.6 is 0 Å². The van der Waals surface area contributed by atoms with Crippen molar-refractivity contribution in [3.05, 3.63) is 65.2 Å². The van der Waals surface area contributed by atoms with Gasteiger partial charge in [0.05, 0.1) is 16.6 Å². The Morgan fingerprint density at radius 1 is 0.946 bits per heavy atom. The fraction of sp³-hybridized carbons (Fsp3) is 0.308. The summed E-state index contributed by atoms with van der Waals surface area (Å²) in [6, 6.07) is 8.02. The van der Waals surface area contributed by atoms with Crippen molar-refractivity contribution in [2.75, 3.05) is 4.90 Å². The molecule has 2 amide bonds. The Bertz CT molecular complexity index is 1500. The monoisotopic (exact) mass is 505 g/mol. The average Bonchev–Trinajstić information content (AvgIpc) is 3.20. The molecule has 1 aromatic carbocycles. The molecule has 0 saturated carbocycles. The van der Waals surface area contributed by atoms with E-state index in [4.69, 9.17) is 9.47 Å². The highest BCUT2D eigenvalue weighted by Gasteiger charge is 2.38. The number of rotatable bonds is 3. The number of ether oxygens (including phenoxy) is 2. The predicted octanol–water partition coefficient (Wildman–Crippen LogP) is 6.16. The van der Waals surface area contributed by atoms with Crippen molar-refractivity contribution in [1.82, 2.24) is 14.5 Å². The van der Waals surface area contributed by atoms with Gasteiger partial charge in [-0.2, -0.15) is 4.90 Å². The van der Waals surface area contributed by atoms with Gasteiger partial charge in [0.25, 0.3) is 5.69 Å². The SMILES string of the molecule is CC(C)(C)OC(=O)N(C(=O)OC(C)(C)C)c1c([N+](=O)[O-])ccc2cnc(-n3ccc4ccncc43)cc12. The number of anilines is 1. The van der Waals surface area contributed by atoms with E-state index in [1.54, 1.807) is 70.8 Å². The van der Waals surface area contributed by atoms with Crippen LogP contribution in [0.25, 0.3) is 27.5 Å². The van der Waals surface area contributed by atoms with Crippen LogP contribution in [0.5, 0.6) is 0 Å². The minimum atomic E-state index is -1.11. The molecule has 0 spiro atoms. The number of imide groups is 1. The molecular formula is C26H27N5O6. The quantitative estimate of drug-likeness (QED) is 0.239. The molecule has 3 aromatic heterocycles. The van der Waals surface area contributed by atoms with E-state index in [-0.39, 0.29) is 11.1 Å². The lowest BCUT2D eigenvalue weighted by molar-refractivity contribution is -0.384. The van der Waals surface area contributed by atoms with Crippen LogP contribution < -0.4 is 4.90 Å². The Kier molecular flexibility index (Phi) is 6.32. The van der Waals surface area contributed by atoms with Crippen molar-refractivity contribution in [2.45, 2.75) is 52.7 Å². The third-order valence-corrected chi connectivity index (χ3v) is 5.15. The number of benzene rings is 1. The predicted molar refractivity (Wildman–Crippen MR) is 138 cm³/mol. The Labute approximate surface area is 212 Å². The van der Waals surface area contributed by atoms with Gasteiger partial charge in [0.15, 0.2) is 0 Å². The van der Waals surface area contributed by atoms with Gasteiger partial charge in [-0.1, -0.05) is 0 Å². The Morgan fingerprint density at radius 3 is 2.19 bits per heavy atom. The molecule has 0 saturated heterocycles. The fourth-order valence-corrected chi connectivity index (χ4v) is 3.74. The average molecular weight is 506 g/mol. The first kappa shape index (κ1) is 25.5. The van der Waals surface area contributed by atoms with Crippen molar-refractivity contribution in [3.8, 4) is 5.82 Å². The molecule has 11 nitrogen and oxygen atoms in total. The minimum Gasteiger partial charge on any atom is -0.443 e. The van der Waals surface area contributed by atoms with E-state index >= 15 is 0 Å². The summed E-state index contributed by atoms with van der Waals surface area (Å²) in [6.45, 7) is 9.77. The van der Waals surface area contributed by atoms with Gasteiger partial charge < -0.3 is 9.47 Å². The van der Waals surface area contributed by atoms with Crippen molar-refractivity contribution in [1.29, 1.82) is 0 Å². The molecule has 37 heavy (non-hydrogen) atoms. The molecule has 0 unspecified atom stereocenters. The zero-order chi connectivity index (χ0) is 27.1. The molecule has 0 fully saturated rings. The summed E-state index contributed by atoms with van der Waals surface area (Å²) in [6.07, 6.45) is 4.43. The molecule has 0 atom stereocenters. The van der Waals surface area contributed by atoms with E-state index in [2.05, 4.69) is 9.97 Å². The molecule has 4 aromatic rings. The van der Waals surface area contributed by atoms with E-state index in [1.165, 1.54) is 18.3 Å². The largest absolute Gasteiger partial charge is 0.443 e. The maximum atomic E-state index is 13.3. The number of nitrogens with zero attached hydrogens (tertiary/aromatic N) is 5. The van der Waals surface area contributed by atoms with Gasteiger partial charge >= 0.3 is 12.2 Å². The number of aromatic nitrogens is 3. The zero-order valence-electron chi connectivity index (χ0n) is 21.4. The number of fused-ring (bicyclic) bond motifs is 2. The number of carbonyl (C=O) groups is 2. The first-order valence-electron chi connectivity index (χ1n) is 11.5. The summed E-state index contributed by atoms with van der Waals surface area (Å²) in [7, 11) is 0. The normalized spacial score (nSPS) is 11.9. The highest BCUT2D eigenvalue weighted by Crippen LogP contribution is 2.38. The smallest absolute Gasteiger partial charge is 0.424 e. The Morgan fingerprint density at radius 2 is 1.59 bits per heavy atom. The molecular weight excluding hydrogens is 478 g/mol. The molecule has 0 radical (unpaired) electrons. The second kappa shape index (κ2) is 9.16. The van der Waals surface area contributed by atoms with Gasteiger partial charge in [-0.15, -0.1) is 0 Å². The number of nitro groups is 1. The lowest BCUT2D eigenvalue weighted by Crippen LogP contribution is -2.44. The lowest BCUT2D eigenvalue weighted by Gasteiger charge is -2.29. The van der Waals surface area contributed by atoms with Crippen molar-refractivity contribution in [2.24, 2.45) is 0 Å². The number of pyridine rings is 2. The zero-order valence-corrected chi connectivity index (χ0v) is 21.4. The molecule has 11 heteroatoms. The second-order valence-electron chi connectivity index (χ2n) is 10.4. The first-order chi connectivity index (χ1) is 17.2. The van der Waals surface area contributed by atoms with Crippen LogP contribution in [0, 0.1) is 10.1 Å². The molecule has 192 valence electrons. The maximum Gasteiger partial charge on any atom is 0.424 e. The van der Waals surface area contributed by atoms with Gasteiger partial charge in [-0.25, -0.2) is 14.6 Å². The second-order valence-corrected chi connectivity index (χ2v) is 10.4. The maximum absolute atomic E-state index is 13.3. The molecule has 0 aliphatic rings. The van der Waals surface area contributed by atoms with Gasteiger partial charge in [0.1, 0.15) is 22.7 Å². The minimum absolute atomic E-state index is 0.238. The fourth-order valence-electron chi connectivity index (χ4n) is 3.74. The summed E-state index contributed by atoms with van der Waals surface area (Å²) in [4.78, 5) is 47.4. The van der Waals surface area contributed by atoms with E-state index < -0.39 is 34.0 Å². The first-order valence-corrected chi connectivity index (χ1v) is 11.5. The van der Waals surface area contributed by atoms with Crippen molar-refractivity contribution >= 4 is 45.2 Å². The number of nitro benzene ring substituents is 1. The molecule has 3 heterocycles. The van der Waals surface area contributed by atoms with Gasteiger partial charge in [0, 0.05) is 40.8 Å². The number of amides is 2. The number of carbonyl (C=O) groups excluding carboxylic acids is 2. The highest BCUT2D eigenvalue weighted by molar-refractivity contribution is 6.17. The van der Waals surface area contributed by atoms with Gasteiger partial charge in [0.2, 0.25) is 0 Å². The van der Waals surface area contributed by atoms with E-state index in [0.717, 1.165) is 10.9 Å². The third kappa shape index (κ3) is 5.35. The van der Waals surface area contributed by atoms with E-state index in [9.17, 15) is 19.7 Å². The third-order valence-electron chi connectivity index (χ3n) is 5.15. The highest BCUT2D eigenvalue weighted by atomic mass is 16.6. The Balaban J connectivity index is 2.00. The van der Waals surface area contributed by atoms with Crippen LogP contribution in [-0.4, -0.2) is 42.8 Å². The van der Waals surface area contributed by atoms with Crippen LogP contribution in [0.2, 0.25) is 0 Å². The summed E-state index contributed by atoms with van der Waals surface area (Å²) < 4.78 is 12.7. The number of hydrogen-bond donors (Lipinski definition) is 0. The topological polar surface area (TPSA) is 130 Å². The van der Waals surface area contributed by atoms with Gasteiger partial charge in [-0.3, -0.25) is 19.7 Å². The van der Waals surface area contributed by atoms with Crippen molar-refractivity contribution in [3.63, 3.8) is 0 Å². The molecule has 0 aliphatic heterocycles. The summed E-state index contributed by atoms with van der Waals surface area (Å²) in [5.41, 5.74) is -1.96. The standard InChI is InChI=1S/C26H27N5O6/c1-25(2,3)36-23(32)30(24(33)37-26(4,5)6)22-18-13-21(28-14-17(18)7-8-19(22)31(34)35)29-12-10-16-9-11-27-15-20(16)29/h7-15H,1-6H3. The molecule has 0 N–H and O–H groups in total. The lowest BCUT2D eigenvalue weighted by atomic mass is 10.1. The molecule has 0 bridgehead atoms. The van der Waals surface area contributed by atoms with Gasteiger partial charge in [-0.05, 0) is 65.8 Å². The van der Waals surface area contributed by atoms with Crippen LogP contribution in [0.1, 0.15) is 41.5 Å². The molecule has 0 aliphatic carbocycles. The van der Waals surface area contributed by atoms with Crippen LogP contribution in [0.4, 0.5) is 21.0 Å². The van der Waals surface area contributed by atoms with E-state index in [0.29, 0.717) is 16.1 Å². The van der Waals surface area contributed by atoms with Crippen molar-refractivity contribution < 1.29 is 24.0 Å². The number of hydrogen-bond acceptors (Lipinski definition) is 8. The molecule has 4 rings (SSSR count). The summed E-state index contributed by atoms with van der Waals surface area (Å²) in [5, 5.41) is 13.7. The summed E-state index contributed by atoms with van der Waals surface area (Å²) in [5.74, 6) is 0.408. The van der Waals surface area contributed by atoms with Crippen LogP contribution in [0.3, 0.4) is 0 Å². The summed E-state index contributed by atoms with van der Waals surface area (Å²) >= 11 is 0.